The Morgan fingerprint density at radius 2 is 2.10 bits per heavy atom. The molecule has 6 nitrogen and oxygen atoms in total. The van der Waals surface area contributed by atoms with Gasteiger partial charge in [0.05, 0.1) is 12.3 Å². The summed E-state index contributed by atoms with van der Waals surface area (Å²) < 4.78 is 17.6. The first-order valence-corrected chi connectivity index (χ1v) is 8.25. The van der Waals surface area contributed by atoms with Gasteiger partial charge in [-0.1, -0.05) is 32.4 Å². The average Bonchev–Trinajstić information content (AvgIpc) is 2.85. The van der Waals surface area contributed by atoms with Crippen LogP contribution in [0.25, 0.3) is 5.65 Å². The molecule has 0 aliphatic carbocycles. The van der Waals surface area contributed by atoms with Crippen molar-refractivity contribution in [3.05, 3.63) is 16.5 Å². The Hall–Kier alpha value is -0.920. The zero-order valence-electron chi connectivity index (χ0n) is 12.1. The molecule has 2 aromatic heterocycles. The van der Waals surface area contributed by atoms with Crippen molar-refractivity contribution in [1.29, 1.82) is 0 Å². The number of halogens is 1. The smallest absolute Gasteiger partial charge is 0.196 e. The Bertz CT molecular complexity index is 629. The molecule has 0 aliphatic rings. The van der Waals surface area contributed by atoms with E-state index >= 15 is 0 Å². The quantitative estimate of drug-likeness (QED) is 0.858. The minimum atomic E-state index is -1.22. The van der Waals surface area contributed by atoms with Crippen LogP contribution < -0.4 is 0 Å². The average molecular weight is 319 g/mol. The first-order valence-electron chi connectivity index (χ1n) is 6.39. The monoisotopic (exact) mass is 318 g/mol. The van der Waals surface area contributed by atoms with Gasteiger partial charge >= 0.3 is 0 Å². The second kappa shape index (κ2) is 5.83. The van der Waals surface area contributed by atoms with E-state index in [4.69, 9.17) is 15.8 Å². The lowest BCUT2D eigenvalue weighted by Crippen LogP contribution is -2.13. The maximum atomic E-state index is 10.8. The molecule has 0 bridgehead atoms. The molecule has 20 heavy (non-hydrogen) atoms. The van der Waals surface area contributed by atoms with E-state index in [1.165, 1.54) is 6.26 Å². The number of nitrogens with zero attached hydrogens (tertiary/aromatic N) is 3. The number of H-pyrrole nitrogens is 1. The summed E-state index contributed by atoms with van der Waals surface area (Å²) in [5.41, 5.74) is 1.50. The summed E-state index contributed by atoms with van der Waals surface area (Å²) in [5, 5.41) is 12.1. The third-order valence-electron chi connectivity index (χ3n) is 2.91. The largest absolute Gasteiger partial charge is 0.293 e. The highest BCUT2D eigenvalue weighted by Crippen LogP contribution is 2.31. The summed E-state index contributed by atoms with van der Waals surface area (Å²) in [6.07, 6.45) is 2.91. The van der Waals surface area contributed by atoms with Gasteiger partial charge in [0.2, 0.25) is 0 Å². The molecule has 0 fully saturated rings. The lowest BCUT2D eigenvalue weighted by molar-refractivity contribution is 0.341. The van der Waals surface area contributed by atoms with Gasteiger partial charge in [-0.3, -0.25) is 9.28 Å². The molecule has 0 aromatic carbocycles. The maximum Gasteiger partial charge on any atom is 0.196 e. The molecule has 1 unspecified atom stereocenters. The van der Waals surface area contributed by atoms with Crippen LogP contribution >= 0.6 is 11.6 Å². The number of aryl methyl sites for hydroxylation is 1. The summed E-state index contributed by atoms with van der Waals surface area (Å²) >= 11 is 5.11. The predicted octanol–water partition coefficient (Wildman–Crippen LogP) is 2.25. The molecular weight excluding hydrogens is 300 g/mol. The summed E-state index contributed by atoms with van der Waals surface area (Å²) in [6.45, 7) is 6.68. The molecule has 0 saturated heterocycles. The van der Waals surface area contributed by atoms with Crippen LogP contribution in [0.1, 0.15) is 38.7 Å². The fraction of sp³-hybridized carbons (Fsp3) is 0.667. The predicted molar refractivity (Wildman–Crippen MR) is 79.4 cm³/mol. The van der Waals surface area contributed by atoms with Crippen molar-refractivity contribution in [2.75, 3.05) is 12.9 Å². The molecule has 0 radical (unpaired) electrons. The Labute approximate surface area is 125 Å². The van der Waals surface area contributed by atoms with Crippen molar-refractivity contribution in [3.8, 4) is 0 Å². The molecule has 0 saturated carbocycles. The number of aromatic nitrogens is 4. The van der Waals surface area contributed by atoms with Gasteiger partial charge in [-0.05, 0) is 6.42 Å². The zero-order valence-corrected chi connectivity index (χ0v) is 13.6. The topological polar surface area (TPSA) is 72.3 Å². The first kappa shape index (κ1) is 15.5. The number of fused-ring (bicyclic) bond motifs is 1. The lowest BCUT2D eigenvalue weighted by atomic mass is 9.92. The van der Waals surface area contributed by atoms with Crippen LogP contribution in [0.2, 0.25) is 5.02 Å². The van der Waals surface area contributed by atoms with E-state index in [-0.39, 0.29) is 5.41 Å². The Morgan fingerprint density at radius 1 is 1.40 bits per heavy atom. The Morgan fingerprint density at radius 3 is 2.70 bits per heavy atom. The Balaban J connectivity index is 2.17. The molecule has 112 valence electrons. The third kappa shape index (κ3) is 3.21. The normalized spacial score (nSPS) is 14.1. The van der Waals surface area contributed by atoms with Crippen molar-refractivity contribution < 1.29 is 8.39 Å². The molecule has 2 aromatic rings. The van der Waals surface area contributed by atoms with Gasteiger partial charge in [-0.15, -0.1) is 10.2 Å². The van der Waals surface area contributed by atoms with Gasteiger partial charge in [0, 0.05) is 18.1 Å². The van der Waals surface area contributed by atoms with Gasteiger partial charge in [0.25, 0.3) is 0 Å². The van der Waals surface area contributed by atoms with E-state index in [0.717, 1.165) is 17.9 Å². The molecule has 0 aliphatic heterocycles. The van der Waals surface area contributed by atoms with Crippen LogP contribution in [0.3, 0.4) is 0 Å². The summed E-state index contributed by atoms with van der Waals surface area (Å²) in [7, 11) is 0. The van der Waals surface area contributed by atoms with Crippen molar-refractivity contribution in [1.82, 2.24) is 19.8 Å². The molecule has 2 heterocycles. The lowest BCUT2D eigenvalue weighted by Gasteiger charge is -2.16. The van der Waals surface area contributed by atoms with Crippen LogP contribution in [-0.2, 0) is 27.1 Å². The van der Waals surface area contributed by atoms with E-state index in [0.29, 0.717) is 23.7 Å². The van der Waals surface area contributed by atoms with E-state index < -0.39 is 11.1 Å². The fourth-order valence-electron chi connectivity index (χ4n) is 1.91. The van der Waals surface area contributed by atoms with E-state index in [2.05, 4.69) is 36.1 Å². The fourth-order valence-corrected chi connectivity index (χ4v) is 2.71. The highest BCUT2D eigenvalue weighted by Gasteiger charge is 2.24. The van der Waals surface area contributed by atoms with Crippen LogP contribution in [0.4, 0.5) is 0 Å². The number of hydrogen-bond acceptors (Lipinski definition) is 4. The second-order valence-electron chi connectivity index (χ2n) is 5.65. The van der Waals surface area contributed by atoms with Gasteiger partial charge in [0.15, 0.2) is 22.6 Å². The van der Waals surface area contributed by atoms with E-state index in [1.54, 1.807) is 0 Å². The van der Waals surface area contributed by atoms with Crippen LogP contribution in [0.5, 0.6) is 0 Å². The van der Waals surface area contributed by atoms with Crippen molar-refractivity contribution in [2.45, 2.75) is 39.0 Å². The zero-order chi connectivity index (χ0) is 14.9. The Kier molecular flexibility index (Phi) is 4.51. The number of aromatic amines is 1. The van der Waals surface area contributed by atoms with Crippen molar-refractivity contribution in [3.63, 3.8) is 0 Å². The van der Waals surface area contributed by atoms with Crippen molar-refractivity contribution in [2.24, 2.45) is 0 Å². The SMILES string of the molecule is CS(=O)OCCCc1nnc2c(Cl)c(C(C)(C)C)[nH]n12. The molecular formula is C12H19ClN4O2S. The van der Waals surface area contributed by atoms with Gasteiger partial charge < -0.3 is 0 Å². The maximum absolute atomic E-state index is 10.8. The molecule has 1 N–H and O–H groups in total. The van der Waals surface area contributed by atoms with E-state index in [9.17, 15) is 4.21 Å². The standard InChI is InChI=1S/C12H19ClN4O2S/c1-12(2,3)10-9(13)11-15-14-8(17(11)16-10)6-5-7-19-20(4)18/h16H,5-7H2,1-4H3. The number of rotatable bonds is 5. The molecule has 1 atom stereocenters. The molecule has 0 amide bonds. The number of nitrogens with one attached hydrogen (secondary N) is 1. The highest BCUT2D eigenvalue weighted by atomic mass is 35.5. The van der Waals surface area contributed by atoms with Gasteiger partial charge in [0.1, 0.15) is 5.02 Å². The summed E-state index contributed by atoms with van der Waals surface area (Å²) in [6, 6.07) is 0. The van der Waals surface area contributed by atoms with E-state index in [1.807, 2.05) is 4.52 Å². The summed E-state index contributed by atoms with van der Waals surface area (Å²) in [5.74, 6) is 0.794. The minimum absolute atomic E-state index is 0.0860. The van der Waals surface area contributed by atoms with Gasteiger partial charge in [-0.25, -0.2) is 8.72 Å². The van der Waals surface area contributed by atoms with Crippen LogP contribution in [-0.4, -0.2) is 36.9 Å². The van der Waals surface area contributed by atoms with Crippen LogP contribution in [0.15, 0.2) is 0 Å². The van der Waals surface area contributed by atoms with Crippen molar-refractivity contribution >= 4 is 28.3 Å². The van der Waals surface area contributed by atoms with Crippen LogP contribution in [0, 0.1) is 0 Å². The first-order chi connectivity index (χ1) is 9.30. The third-order valence-corrected chi connectivity index (χ3v) is 3.77. The summed E-state index contributed by atoms with van der Waals surface area (Å²) in [4.78, 5) is 0. The highest BCUT2D eigenvalue weighted by molar-refractivity contribution is 7.79. The minimum Gasteiger partial charge on any atom is -0.293 e. The van der Waals surface area contributed by atoms with Gasteiger partial charge in [-0.2, -0.15) is 0 Å². The molecule has 0 spiro atoms. The molecule has 2 rings (SSSR count). The molecule has 8 heteroatoms. The number of hydrogen-bond donors (Lipinski definition) is 1. The second-order valence-corrected chi connectivity index (χ2v) is 7.07.